The van der Waals surface area contributed by atoms with E-state index in [2.05, 4.69) is 13.8 Å². The number of benzene rings is 2. The molecule has 4 aliphatic rings. The van der Waals surface area contributed by atoms with Crippen LogP contribution in [0.5, 0.6) is 0 Å². The number of carbonyl (C=O) groups excluding carboxylic acids is 2. The molecule has 2 saturated carbocycles. The predicted molar refractivity (Wildman–Crippen MR) is 163 cm³/mol. The number of ether oxygens (including phenoxy) is 1. The lowest BCUT2D eigenvalue weighted by atomic mass is 9.59. The molecule has 7 heteroatoms. The van der Waals surface area contributed by atoms with Crippen molar-refractivity contribution >= 4 is 22.7 Å². The Morgan fingerprint density at radius 2 is 1.77 bits per heavy atom. The number of ketones is 1. The maximum absolute atomic E-state index is 14.7. The Kier molecular flexibility index (Phi) is 6.07. The van der Waals surface area contributed by atoms with Crippen LogP contribution in [0.25, 0.3) is 22.0 Å². The molecule has 2 bridgehead atoms. The number of fused-ring (bicyclic) bond motifs is 4. The van der Waals surface area contributed by atoms with E-state index < -0.39 is 41.7 Å². The molecule has 3 N–H and O–H groups in total. The SMILES string of the molecule is CC1=CC23C(=O)[C@@H](C=C(CO)[C@@H](O)[C@]2(O)[C@H]1OC(=O)c1c(-c2ccccc2)c2ccccc2n1C)[C@H]1[C@@H](CC3C)C1(C)C. The van der Waals surface area contributed by atoms with Gasteiger partial charge in [0.15, 0.2) is 17.5 Å². The molecule has 4 aliphatic carbocycles. The van der Waals surface area contributed by atoms with E-state index in [0.717, 1.165) is 16.5 Å². The number of rotatable bonds is 4. The number of allylic oxidation sites excluding steroid dienone is 1. The zero-order valence-electron chi connectivity index (χ0n) is 25.2. The molecular formula is C36H39NO6. The summed E-state index contributed by atoms with van der Waals surface area (Å²) in [6.07, 6.45) is 1.23. The van der Waals surface area contributed by atoms with Crippen LogP contribution in [0.4, 0.5) is 0 Å². The van der Waals surface area contributed by atoms with E-state index in [-0.39, 0.29) is 34.5 Å². The van der Waals surface area contributed by atoms with Crippen LogP contribution < -0.4 is 0 Å². The maximum atomic E-state index is 14.7. The topological polar surface area (TPSA) is 109 Å². The zero-order chi connectivity index (χ0) is 30.6. The van der Waals surface area contributed by atoms with Crippen LogP contribution in [0.15, 0.2) is 77.9 Å². The van der Waals surface area contributed by atoms with E-state index in [4.69, 9.17) is 4.74 Å². The fourth-order valence-corrected chi connectivity index (χ4v) is 9.29. The first kappa shape index (κ1) is 28.3. The van der Waals surface area contributed by atoms with Gasteiger partial charge in [0.05, 0.1) is 12.0 Å². The van der Waals surface area contributed by atoms with Gasteiger partial charge < -0.3 is 24.6 Å². The van der Waals surface area contributed by atoms with Gasteiger partial charge in [0.2, 0.25) is 0 Å². The molecule has 8 atom stereocenters. The van der Waals surface area contributed by atoms with Crippen LogP contribution in [0.2, 0.25) is 0 Å². The number of aliphatic hydroxyl groups excluding tert-OH is 2. The molecule has 1 aromatic heterocycles. The van der Waals surface area contributed by atoms with E-state index in [1.54, 1.807) is 23.6 Å². The summed E-state index contributed by atoms with van der Waals surface area (Å²) in [6, 6.07) is 17.3. The monoisotopic (exact) mass is 581 g/mol. The van der Waals surface area contributed by atoms with Crippen molar-refractivity contribution in [1.29, 1.82) is 0 Å². The Labute approximate surface area is 251 Å². The molecule has 3 aromatic rings. The third-order valence-corrected chi connectivity index (χ3v) is 11.5. The number of aromatic nitrogens is 1. The fraction of sp³-hybridized carbons (Fsp3) is 0.444. The Hall–Kier alpha value is -3.52. The summed E-state index contributed by atoms with van der Waals surface area (Å²) in [5.74, 6) is -1.40. The summed E-state index contributed by atoms with van der Waals surface area (Å²) in [5.41, 5.74) is -0.311. The first-order valence-corrected chi connectivity index (χ1v) is 15.2. The molecule has 0 aliphatic heterocycles. The Balaban J connectivity index is 1.37. The highest BCUT2D eigenvalue weighted by Gasteiger charge is 2.76. The van der Waals surface area contributed by atoms with Gasteiger partial charge in [-0.05, 0) is 59.3 Å². The highest BCUT2D eigenvalue weighted by Crippen LogP contribution is 2.71. The van der Waals surface area contributed by atoms with Crippen LogP contribution in [-0.4, -0.2) is 56.1 Å². The van der Waals surface area contributed by atoms with Crippen molar-refractivity contribution in [3.05, 3.63) is 83.6 Å². The van der Waals surface area contributed by atoms with Crippen molar-refractivity contribution < 1.29 is 29.6 Å². The van der Waals surface area contributed by atoms with Gasteiger partial charge in [-0.2, -0.15) is 0 Å². The van der Waals surface area contributed by atoms with Gasteiger partial charge in [0, 0.05) is 29.4 Å². The molecule has 1 spiro atoms. The van der Waals surface area contributed by atoms with Gasteiger partial charge in [0.1, 0.15) is 11.8 Å². The molecule has 2 fully saturated rings. The van der Waals surface area contributed by atoms with Gasteiger partial charge in [-0.3, -0.25) is 4.79 Å². The van der Waals surface area contributed by atoms with Gasteiger partial charge in [-0.1, -0.05) is 81.5 Å². The second-order valence-corrected chi connectivity index (χ2v) is 13.8. The number of Topliss-reactive ketones (excluding diaryl/α,β-unsaturated/α-hetero) is 1. The second-order valence-electron chi connectivity index (χ2n) is 13.8. The predicted octanol–water partition coefficient (Wildman–Crippen LogP) is 4.84. The molecular weight excluding hydrogens is 542 g/mol. The van der Waals surface area contributed by atoms with Crippen LogP contribution in [0, 0.1) is 34.5 Å². The maximum Gasteiger partial charge on any atom is 0.356 e. The molecule has 0 amide bonds. The van der Waals surface area contributed by atoms with Crippen molar-refractivity contribution in [2.75, 3.05) is 6.61 Å². The molecule has 0 saturated heterocycles. The van der Waals surface area contributed by atoms with Crippen LogP contribution >= 0.6 is 0 Å². The minimum atomic E-state index is -2.19. The summed E-state index contributed by atoms with van der Waals surface area (Å²) >= 11 is 0. The summed E-state index contributed by atoms with van der Waals surface area (Å²) in [6.45, 7) is 7.51. The summed E-state index contributed by atoms with van der Waals surface area (Å²) < 4.78 is 8.07. The van der Waals surface area contributed by atoms with Crippen molar-refractivity contribution in [1.82, 2.24) is 4.57 Å². The average Bonchev–Trinajstić information content (AvgIpc) is 3.31. The van der Waals surface area contributed by atoms with Gasteiger partial charge in [-0.25, -0.2) is 4.79 Å². The largest absolute Gasteiger partial charge is 0.450 e. The van der Waals surface area contributed by atoms with Crippen molar-refractivity contribution in [3.8, 4) is 11.1 Å². The average molecular weight is 582 g/mol. The lowest BCUT2D eigenvalue weighted by Gasteiger charge is -2.48. The third-order valence-electron chi connectivity index (χ3n) is 11.5. The lowest BCUT2D eigenvalue weighted by Crippen LogP contribution is -2.65. The van der Waals surface area contributed by atoms with Crippen molar-refractivity contribution in [3.63, 3.8) is 0 Å². The molecule has 0 radical (unpaired) electrons. The molecule has 1 heterocycles. The van der Waals surface area contributed by atoms with E-state index in [0.29, 0.717) is 23.3 Å². The Morgan fingerprint density at radius 3 is 2.47 bits per heavy atom. The van der Waals surface area contributed by atoms with E-state index in [9.17, 15) is 24.9 Å². The standard InChI is InChI=1S/C36H39NO6/c1-19-17-35-20(2)15-25-28(34(25,3)4)24(31(35)40)16-22(18-38)30(39)36(35,42)32(19)43-33(41)29-27(21-11-7-6-8-12-21)23-13-9-10-14-26(23)37(29)5/h6-14,16-17,20,24-25,28,30,32,38-39,42H,15,18H2,1-5H3/t20?,24-,25+,28-,30+,32-,35?,36-/m0/s1. The normalized spacial score (nSPS) is 35.8. The number of esters is 1. The van der Waals surface area contributed by atoms with Crippen LogP contribution in [-0.2, 0) is 16.6 Å². The van der Waals surface area contributed by atoms with Crippen molar-refractivity contribution in [2.45, 2.75) is 51.9 Å². The van der Waals surface area contributed by atoms with Crippen LogP contribution in [0.1, 0.15) is 44.6 Å². The number of hydrogen-bond donors (Lipinski definition) is 3. The summed E-state index contributed by atoms with van der Waals surface area (Å²) in [7, 11) is 1.81. The van der Waals surface area contributed by atoms with E-state index in [1.807, 2.05) is 68.6 Å². The number of hydrogen-bond acceptors (Lipinski definition) is 6. The summed E-state index contributed by atoms with van der Waals surface area (Å²) in [4.78, 5) is 29.0. The molecule has 2 aromatic carbocycles. The highest BCUT2D eigenvalue weighted by molar-refractivity contribution is 6.09. The van der Waals surface area contributed by atoms with Gasteiger partial charge in [-0.15, -0.1) is 0 Å². The molecule has 2 unspecified atom stereocenters. The number of para-hydroxylation sites is 1. The Morgan fingerprint density at radius 1 is 1.09 bits per heavy atom. The molecule has 43 heavy (non-hydrogen) atoms. The summed E-state index contributed by atoms with van der Waals surface area (Å²) in [5, 5.41) is 36.0. The number of nitrogens with zero attached hydrogens (tertiary/aromatic N) is 1. The lowest BCUT2D eigenvalue weighted by molar-refractivity contribution is -0.190. The minimum Gasteiger partial charge on any atom is -0.450 e. The van der Waals surface area contributed by atoms with Gasteiger partial charge >= 0.3 is 5.97 Å². The van der Waals surface area contributed by atoms with E-state index >= 15 is 0 Å². The molecule has 224 valence electrons. The quantitative estimate of drug-likeness (QED) is 0.301. The smallest absolute Gasteiger partial charge is 0.356 e. The van der Waals surface area contributed by atoms with E-state index in [1.165, 1.54) is 0 Å². The first-order chi connectivity index (χ1) is 20.4. The molecule has 7 nitrogen and oxygen atoms in total. The second kappa shape index (κ2) is 9.24. The molecule has 7 rings (SSSR count). The minimum absolute atomic E-state index is 0.0532. The van der Waals surface area contributed by atoms with Crippen molar-refractivity contribution in [2.24, 2.45) is 41.5 Å². The number of carbonyl (C=O) groups is 2. The number of aliphatic hydroxyl groups is 3. The zero-order valence-corrected chi connectivity index (χ0v) is 25.2. The van der Waals surface area contributed by atoms with Gasteiger partial charge in [0.25, 0.3) is 0 Å². The van der Waals surface area contributed by atoms with Crippen LogP contribution in [0.3, 0.4) is 0 Å². The highest BCUT2D eigenvalue weighted by atomic mass is 16.6. The fourth-order valence-electron chi connectivity index (χ4n) is 9.29. The third kappa shape index (κ3) is 3.47. The first-order valence-electron chi connectivity index (χ1n) is 15.2. The number of aryl methyl sites for hydroxylation is 1. The Bertz CT molecular complexity index is 1730.